The average molecular weight is 357 g/mol. The van der Waals surface area contributed by atoms with E-state index < -0.39 is 5.41 Å². The van der Waals surface area contributed by atoms with Gasteiger partial charge in [0.1, 0.15) is 19.0 Å². The molecule has 1 amide bonds. The highest BCUT2D eigenvalue weighted by molar-refractivity contribution is 5.79. The number of esters is 1. The highest BCUT2D eigenvalue weighted by Gasteiger charge is 2.61. The second-order valence-corrected chi connectivity index (χ2v) is 8.50. The van der Waals surface area contributed by atoms with E-state index in [1.807, 2.05) is 30.3 Å². The van der Waals surface area contributed by atoms with Crippen molar-refractivity contribution < 1.29 is 19.1 Å². The average Bonchev–Trinajstić information content (AvgIpc) is 2.57. The molecular formula is C21H27NO4. The molecule has 2 atom stereocenters. The van der Waals surface area contributed by atoms with Crippen molar-refractivity contribution in [2.75, 3.05) is 13.2 Å². The number of hydrogen-bond donors (Lipinski definition) is 1. The summed E-state index contributed by atoms with van der Waals surface area (Å²) in [5, 5.41) is 3.18. The molecule has 1 aromatic rings. The Kier molecular flexibility index (Phi) is 4.41. The quantitative estimate of drug-likeness (QED) is 0.628. The largest absolute Gasteiger partial charge is 0.490 e. The van der Waals surface area contributed by atoms with Crippen LogP contribution in [0, 0.1) is 17.3 Å². The molecule has 5 heteroatoms. The zero-order valence-corrected chi connectivity index (χ0v) is 15.3. The number of ether oxygens (including phenoxy) is 2. The van der Waals surface area contributed by atoms with Crippen LogP contribution in [-0.4, -0.2) is 30.6 Å². The second-order valence-electron chi connectivity index (χ2n) is 8.50. The van der Waals surface area contributed by atoms with Gasteiger partial charge in [0.2, 0.25) is 5.91 Å². The van der Waals surface area contributed by atoms with Gasteiger partial charge in [-0.1, -0.05) is 18.2 Å². The van der Waals surface area contributed by atoms with E-state index in [-0.39, 0.29) is 24.0 Å². The maximum atomic E-state index is 12.9. The SMILES string of the molecule is CC(=O)NC12CC3CC(C1)CC(C(=O)OCCOc1ccccc1)(C3)C2. The van der Waals surface area contributed by atoms with Crippen LogP contribution in [-0.2, 0) is 14.3 Å². The number of para-hydroxylation sites is 1. The molecule has 4 aliphatic rings. The van der Waals surface area contributed by atoms with Crippen LogP contribution in [0.2, 0.25) is 0 Å². The van der Waals surface area contributed by atoms with Gasteiger partial charge in [-0.15, -0.1) is 0 Å². The van der Waals surface area contributed by atoms with Crippen LogP contribution in [0.15, 0.2) is 30.3 Å². The lowest BCUT2D eigenvalue weighted by Crippen LogP contribution is -2.64. The van der Waals surface area contributed by atoms with E-state index in [2.05, 4.69) is 5.32 Å². The zero-order chi connectivity index (χ0) is 18.2. The topological polar surface area (TPSA) is 64.6 Å². The molecule has 1 aromatic carbocycles. The van der Waals surface area contributed by atoms with E-state index >= 15 is 0 Å². The molecule has 5 rings (SSSR count). The van der Waals surface area contributed by atoms with E-state index in [0.29, 0.717) is 18.4 Å². The lowest BCUT2D eigenvalue weighted by atomic mass is 9.47. The summed E-state index contributed by atoms with van der Waals surface area (Å²) in [5.41, 5.74) is -0.616. The first-order valence-electron chi connectivity index (χ1n) is 9.63. The molecule has 0 aliphatic heterocycles. The Morgan fingerprint density at radius 3 is 2.42 bits per heavy atom. The van der Waals surface area contributed by atoms with E-state index in [9.17, 15) is 9.59 Å². The Labute approximate surface area is 154 Å². The van der Waals surface area contributed by atoms with Crippen molar-refractivity contribution in [1.29, 1.82) is 0 Å². The number of rotatable bonds is 6. The summed E-state index contributed by atoms with van der Waals surface area (Å²) >= 11 is 0. The number of carbonyl (C=O) groups is 2. The normalized spacial score (nSPS) is 34.3. The molecule has 1 N–H and O–H groups in total. The molecule has 0 saturated heterocycles. The summed E-state index contributed by atoms with van der Waals surface area (Å²) in [7, 11) is 0. The van der Waals surface area contributed by atoms with Crippen LogP contribution in [0.4, 0.5) is 0 Å². The van der Waals surface area contributed by atoms with E-state index in [1.54, 1.807) is 6.92 Å². The standard InChI is InChI=1S/C21H27NO4/c1-15(23)22-21-12-16-9-17(13-21)11-20(10-16,14-21)19(24)26-8-7-25-18-5-3-2-4-6-18/h2-6,16-17H,7-14H2,1H3,(H,22,23). The Bertz CT molecular complexity index is 673. The smallest absolute Gasteiger partial charge is 0.312 e. The molecule has 4 bridgehead atoms. The van der Waals surface area contributed by atoms with Crippen LogP contribution in [0.3, 0.4) is 0 Å². The number of hydrogen-bond acceptors (Lipinski definition) is 4. The highest BCUT2D eigenvalue weighted by atomic mass is 16.6. The monoisotopic (exact) mass is 357 g/mol. The molecule has 2 unspecified atom stereocenters. The van der Waals surface area contributed by atoms with Gasteiger partial charge in [-0.3, -0.25) is 9.59 Å². The summed E-state index contributed by atoms with van der Waals surface area (Å²) in [6.45, 7) is 2.19. The predicted octanol–water partition coefficient (Wildman–Crippen LogP) is 3.08. The van der Waals surface area contributed by atoms with Gasteiger partial charge in [0.05, 0.1) is 5.41 Å². The fraction of sp³-hybridized carbons (Fsp3) is 0.619. The van der Waals surface area contributed by atoms with Crippen molar-refractivity contribution in [1.82, 2.24) is 5.32 Å². The van der Waals surface area contributed by atoms with Gasteiger partial charge in [-0.2, -0.15) is 0 Å². The van der Waals surface area contributed by atoms with Crippen molar-refractivity contribution in [3.8, 4) is 5.75 Å². The van der Waals surface area contributed by atoms with Crippen molar-refractivity contribution >= 4 is 11.9 Å². The van der Waals surface area contributed by atoms with E-state index in [4.69, 9.17) is 9.47 Å². The number of carbonyl (C=O) groups excluding carboxylic acids is 2. The summed E-state index contributed by atoms with van der Waals surface area (Å²) in [4.78, 5) is 24.6. The van der Waals surface area contributed by atoms with Crippen LogP contribution in [0.1, 0.15) is 45.4 Å². The predicted molar refractivity (Wildman–Crippen MR) is 96.6 cm³/mol. The van der Waals surface area contributed by atoms with Crippen molar-refractivity contribution in [2.45, 2.75) is 51.0 Å². The minimum absolute atomic E-state index is 0.00623. The molecule has 140 valence electrons. The first-order valence-corrected chi connectivity index (χ1v) is 9.63. The van der Waals surface area contributed by atoms with E-state index in [1.165, 1.54) is 6.42 Å². The second kappa shape index (κ2) is 6.60. The van der Waals surface area contributed by atoms with Crippen molar-refractivity contribution in [3.63, 3.8) is 0 Å². The minimum Gasteiger partial charge on any atom is -0.490 e. The molecule has 26 heavy (non-hydrogen) atoms. The Balaban J connectivity index is 1.37. The lowest BCUT2D eigenvalue weighted by Gasteiger charge is -2.60. The van der Waals surface area contributed by atoms with Gasteiger partial charge in [0.15, 0.2) is 0 Å². The summed E-state index contributed by atoms with van der Waals surface area (Å²) in [6, 6.07) is 9.54. The summed E-state index contributed by atoms with van der Waals surface area (Å²) < 4.78 is 11.2. The fourth-order valence-corrected chi connectivity index (χ4v) is 5.98. The molecule has 4 aliphatic carbocycles. The first-order chi connectivity index (χ1) is 12.5. The third-order valence-corrected chi connectivity index (χ3v) is 6.26. The molecule has 4 saturated carbocycles. The highest BCUT2D eigenvalue weighted by Crippen LogP contribution is 2.62. The van der Waals surface area contributed by atoms with Crippen molar-refractivity contribution in [3.05, 3.63) is 30.3 Å². The van der Waals surface area contributed by atoms with Gasteiger partial charge in [-0.05, 0) is 62.5 Å². The van der Waals surface area contributed by atoms with Crippen LogP contribution < -0.4 is 10.1 Å². The summed E-state index contributed by atoms with van der Waals surface area (Å²) in [5.74, 6) is 1.74. The molecule has 0 aromatic heterocycles. The van der Waals surface area contributed by atoms with E-state index in [0.717, 1.165) is 37.9 Å². The number of nitrogens with one attached hydrogen (secondary N) is 1. The number of amides is 1. The molecular weight excluding hydrogens is 330 g/mol. The Hall–Kier alpha value is -2.04. The lowest BCUT2D eigenvalue weighted by molar-refractivity contribution is -0.176. The van der Waals surface area contributed by atoms with Crippen LogP contribution >= 0.6 is 0 Å². The molecule has 0 radical (unpaired) electrons. The van der Waals surface area contributed by atoms with Gasteiger partial charge < -0.3 is 14.8 Å². The fourth-order valence-electron chi connectivity index (χ4n) is 5.98. The minimum atomic E-state index is -0.417. The van der Waals surface area contributed by atoms with Crippen molar-refractivity contribution in [2.24, 2.45) is 17.3 Å². The maximum Gasteiger partial charge on any atom is 0.312 e. The molecule has 0 heterocycles. The molecule has 5 nitrogen and oxygen atoms in total. The summed E-state index contributed by atoms with van der Waals surface area (Å²) in [6.07, 6.45) is 5.75. The maximum absolute atomic E-state index is 12.9. The third kappa shape index (κ3) is 3.31. The van der Waals surface area contributed by atoms with Crippen LogP contribution in [0.5, 0.6) is 5.75 Å². The van der Waals surface area contributed by atoms with Gasteiger partial charge in [-0.25, -0.2) is 0 Å². The van der Waals surface area contributed by atoms with Gasteiger partial charge in [0.25, 0.3) is 0 Å². The zero-order valence-electron chi connectivity index (χ0n) is 15.3. The third-order valence-electron chi connectivity index (χ3n) is 6.26. The first kappa shape index (κ1) is 17.4. The van der Waals surface area contributed by atoms with Gasteiger partial charge >= 0.3 is 5.97 Å². The molecule has 0 spiro atoms. The van der Waals surface area contributed by atoms with Gasteiger partial charge in [0, 0.05) is 12.5 Å². The Morgan fingerprint density at radius 1 is 1.08 bits per heavy atom. The number of benzene rings is 1. The Morgan fingerprint density at radius 2 is 1.77 bits per heavy atom. The molecule has 4 fully saturated rings. The van der Waals surface area contributed by atoms with Crippen LogP contribution in [0.25, 0.3) is 0 Å².